The maximum Gasteiger partial charge on any atom is 0.358 e. The molecule has 0 bridgehead atoms. The molecule has 0 aliphatic heterocycles. The molecule has 1 rings (SSSR count). The van der Waals surface area contributed by atoms with Crippen LogP contribution < -0.4 is 4.43 Å². The Kier molecular flexibility index (Phi) is 1.49. The average Bonchev–Trinajstić information content (AvgIpc) is 1.88. The first-order valence-electron chi connectivity index (χ1n) is 2.54. The predicted octanol–water partition coefficient (Wildman–Crippen LogP) is -0.373. The second-order valence-corrected chi connectivity index (χ2v) is 1.67. The lowest BCUT2D eigenvalue weighted by molar-refractivity contribution is -0.495. The molecule has 10 heavy (non-hydrogen) atoms. The minimum atomic E-state index is -1.15. The van der Waals surface area contributed by atoms with E-state index in [4.69, 9.17) is 5.11 Å². The summed E-state index contributed by atoms with van der Waals surface area (Å²) in [7, 11) is 0. The van der Waals surface area contributed by atoms with Crippen molar-refractivity contribution >= 4 is 5.97 Å². The summed E-state index contributed by atoms with van der Waals surface area (Å²) in [5.74, 6) is -1.15. The zero-order valence-corrected chi connectivity index (χ0v) is 4.94. The molecule has 1 aromatic heterocycles. The molecular formula is C5H5N2O3+. The highest BCUT2D eigenvalue weighted by Gasteiger charge is 2.06. The van der Waals surface area contributed by atoms with Crippen molar-refractivity contribution in [3.63, 3.8) is 0 Å². The summed E-state index contributed by atoms with van der Waals surface area (Å²) in [5.41, 5.74) is -0.127. The van der Waals surface area contributed by atoms with Crippen molar-refractivity contribution in [2.45, 2.75) is 0 Å². The predicted molar refractivity (Wildman–Crippen MR) is 31.1 cm³/mol. The molecule has 0 saturated carbocycles. The SMILES string of the molecule is O=C(O)c1c[n+](=O)cc[nH]1. The number of aromatic carboxylic acids is 1. The largest absolute Gasteiger partial charge is 0.476 e. The molecule has 0 aliphatic rings. The van der Waals surface area contributed by atoms with Gasteiger partial charge in [-0.1, -0.05) is 0 Å². The fourth-order valence-electron chi connectivity index (χ4n) is 0.525. The van der Waals surface area contributed by atoms with Gasteiger partial charge < -0.3 is 10.1 Å². The van der Waals surface area contributed by atoms with Crippen molar-refractivity contribution in [2.75, 3.05) is 0 Å². The molecule has 52 valence electrons. The molecule has 0 radical (unpaired) electrons. The Morgan fingerprint density at radius 3 is 2.80 bits per heavy atom. The highest BCUT2D eigenvalue weighted by atomic mass is 16.4. The number of hydrogen-bond acceptors (Lipinski definition) is 2. The molecule has 1 aromatic rings. The van der Waals surface area contributed by atoms with Gasteiger partial charge in [0.2, 0.25) is 6.20 Å². The Balaban J connectivity index is 3.20. The Morgan fingerprint density at radius 1 is 1.70 bits per heavy atom. The van der Waals surface area contributed by atoms with E-state index in [-0.39, 0.29) is 5.69 Å². The van der Waals surface area contributed by atoms with Gasteiger partial charge in [0.05, 0.1) is 10.6 Å². The van der Waals surface area contributed by atoms with Gasteiger partial charge in [-0.2, -0.15) is 0 Å². The number of nitrogens with one attached hydrogen (secondary N) is 1. The maximum absolute atomic E-state index is 10.4. The lowest BCUT2D eigenvalue weighted by atomic mass is 10.5. The topological polar surface area (TPSA) is 76.1 Å². The maximum atomic E-state index is 10.4. The third-order valence-electron chi connectivity index (χ3n) is 0.947. The van der Waals surface area contributed by atoms with Crippen molar-refractivity contribution in [3.05, 3.63) is 29.2 Å². The summed E-state index contributed by atoms with van der Waals surface area (Å²) >= 11 is 0. The summed E-state index contributed by atoms with van der Waals surface area (Å²) in [5, 5.41) is 8.33. The smallest absolute Gasteiger partial charge is 0.358 e. The standard InChI is InChI=1S/C5H4N2O3/c8-5(9)4-3-7(10)2-1-6-4/h1-3H,(H-,6,8,9,10)/p+1. The van der Waals surface area contributed by atoms with E-state index in [1.54, 1.807) is 0 Å². The lowest BCUT2D eigenvalue weighted by Crippen LogP contribution is -2.16. The van der Waals surface area contributed by atoms with Gasteiger partial charge in [0, 0.05) is 4.91 Å². The summed E-state index contributed by atoms with van der Waals surface area (Å²) in [6, 6.07) is 0. The van der Waals surface area contributed by atoms with Gasteiger partial charge in [-0.3, -0.25) is 0 Å². The van der Waals surface area contributed by atoms with Crippen molar-refractivity contribution in [1.29, 1.82) is 0 Å². The van der Waals surface area contributed by atoms with Crippen LogP contribution in [0.25, 0.3) is 0 Å². The van der Waals surface area contributed by atoms with Crippen molar-refractivity contribution < 1.29 is 14.3 Å². The molecule has 5 nitrogen and oxygen atoms in total. The summed E-state index contributed by atoms with van der Waals surface area (Å²) < 4.78 is 0.417. The number of carboxylic acid groups (broad SMARTS) is 1. The Hall–Kier alpha value is -1.65. The van der Waals surface area contributed by atoms with Crippen LogP contribution in [0.15, 0.2) is 18.6 Å². The van der Waals surface area contributed by atoms with E-state index in [9.17, 15) is 9.70 Å². The summed E-state index contributed by atoms with van der Waals surface area (Å²) in [6.07, 6.45) is 3.38. The molecule has 2 N–H and O–H groups in total. The number of nitrogens with zero attached hydrogens (tertiary/aromatic N) is 1. The third kappa shape index (κ3) is 1.19. The van der Waals surface area contributed by atoms with Crippen LogP contribution >= 0.6 is 0 Å². The molecule has 0 atom stereocenters. The lowest BCUT2D eigenvalue weighted by Gasteiger charge is -1.84. The van der Waals surface area contributed by atoms with Crippen molar-refractivity contribution in [3.8, 4) is 0 Å². The molecule has 0 aromatic carbocycles. The minimum absolute atomic E-state index is 0.127. The van der Waals surface area contributed by atoms with Crippen molar-refractivity contribution in [2.24, 2.45) is 0 Å². The van der Waals surface area contributed by atoms with Crippen LogP contribution in [0.2, 0.25) is 0 Å². The number of H-pyrrole nitrogens is 1. The van der Waals surface area contributed by atoms with Crippen LogP contribution in [0, 0.1) is 4.91 Å². The third-order valence-corrected chi connectivity index (χ3v) is 0.947. The van der Waals surface area contributed by atoms with Crippen molar-refractivity contribution in [1.82, 2.24) is 4.98 Å². The Morgan fingerprint density at radius 2 is 2.40 bits per heavy atom. The highest BCUT2D eigenvalue weighted by molar-refractivity contribution is 5.84. The first-order valence-corrected chi connectivity index (χ1v) is 2.54. The number of hydrogen-bond donors (Lipinski definition) is 2. The molecule has 0 saturated heterocycles. The number of carbonyl (C=O) groups is 1. The van der Waals surface area contributed by atoms with Gasteiger partial charge >= 0.3 is 5.97 Å². The van der Waals surface area contributed by atoms with Gasteiger partial charge in [-0.05, 0) is 0 Å². The first kappa shape index (κ1) is 6.47. The van der Waals surface area contributed by atoms with Crippen LogP contribution in [0.3, 0.4) is 0 Å². The van der Waals surface area contributed by atoms with Gasteiger partial charge in [0.1, 0.15) is 0 Å². The zero-order valence-electron chi connectivity index (χ0n) is 4.94. The Bertz CT molecular complexity index is 304. The van der Waals surface area contributed by atoms with Crippen LogP contribution in [-0.2, 0) is 0 Å². The molecule has 0 amide bonds. The van der Waals surface area contributed by atoms with Crippen LogP contribution in [0.5, 0.6) is 0 Å². The van der Waals surface area contributed by atoms with E-state index in [0.717, 1.165) is 6.20 Å². The Labute approximate surface area is 55.5 Å². The summed E-state index contributed by atoms with van der Waals surface area (Å²) in [6.45, 7) is 0. The molecule has 0 spiro atoms. The zero-order chi connectivity index (χ0) is 7.56. The molecule has 1 heterocycles. The van der Waals surface area contributed by atoms with E-state index in [1.165, 1.54) is 12.4 Å². The second kappa shape index (κ2) is 2.30. The van der Waals surface area contributed by atoms with E-state index in [0.29, 0.717) is 4.43 Å². The van der Waals surface area contributed by atoms with Crippen LogP contribution in [0.4, 0.5) is 0 Å². The van der Waals surface area contributed by atoms with E-state index in [2.05, 4.69) is 4.98 Å². The number of aromatic amines is 1. The van der Waals surface area contributed by atoms with E-state index >= 15 is 0 Å². The molecule has 5 heteroatoms. The molecule has 0 aliphatic carbocycles. The number of aromatic nitrogens is 2. The molecule has 0 fully saturated rings. The fourth-order valence-corrected chi connectivity index (χ4v) is 0.525. The summed E-state index contributed by atoms with van der Waals surface area (Å²) in [4.78, 5) is 23.0. The first-order chi connectivity index (χ1) is 4.70. The van der Waals surface area contributed by atoms with E-state index < -0.39 is 5.97 Å². The van der Waals surface area contributed by atoms with E-state index in [1.807, 2.05) is 0 Å². The van der Waals surface area contributed by atoms with Gasteiger partial charge in [-0.15, -0.1) is 0 Å². The monoisotopic (exact) mass is 141 g/mol. The fraction of sp³-hybridized carbons (Fsp3) is 0. The average molecular weight is 141 g/mol. The molecular weight excluding hydrogens is 136 g/mol. The highest BCUT2D eigenvalue weighted by Crippen LogP contribution is 1.84. The van der Waals surface area contributed by atoms with Gasteiger partial charge in [0.25, 0.3) is 6.20 Å². The second-order valence-electron chi connectivity index (χ2n) is 1.67. The van der Waals surface area contributed by atoms with Crippen LogP contribution in [-0.4, -0.2) is 16.1 Å². The normalized spacial score (nSPS) is 9.20. The van der Waals surface area contributed by atoms with Gasteiger partial charge in [-0.25, -0.2) is 4.79 Å². The quantitative estimate of drug-likeness (QED) is 0.524. The molecule has 0 unspecified atom stereocenters. The minimum Gasteiger partial charge on any atom is -0.476 e. The number of carboxylic acids is 1. The van der Waals surface area contributed by atoms with Crippen LogP contribution in [0.1, 0.15) is 10.5 Å². The number of rotatable bonds is 1. The van der Waals surface area contributed by atoms with Gasteiger partial charge in [0.15, 0.2) is 5.69 Å².